The standard InChI is InChI=1S/C6H5F3P2/c7-2-1-3(10)4(8)5(9)6(2)11/h1H,10-11H2. The minimum Gasteiger partial charge on any atom is -0.206 e. The fraction of sp³-hybridized carbons (Fsp3) is 0. The van der Waals surface area contributed by atoms with Gasteiger partial charge in [0, 0.05) is 10.6 Å². The number of hydrogen-bond donors (Lipinski definition) is 0. The van der Waals surface area contributed by atoms with E-state index in [9.17, 15) is 13.2 Å². The van der Waals surface area contributed by atoms with Crippen LogP contribution >= 0.6 is 18.5 Å². The molecule has 0 heterocycles. The van der Waals surface area contributed by atoms with Crippen LogP contribution in [0.25, 0.3) is 0 Å². The van der Waals surface area contributed by atoms with Crippen molar-refractivity contribution < 1.29 is 13.2 Å². The highest BCUT2D eigenvalue weighted by atomic mass is 31.0. The lowest BCUT2D eigenvalue weighted by atomic mass is 10.3. The zero-order valence-corrected chi connectivity index (χ0v) is 7.68. The number of halogens is 3. The minimum atomic E-state index is -1.15. The van der Waals surface area contributed by atoms with E-state index < -0.39 is 17.5 Å². The summed E-state index contributed by atoms with van der Waals surface area (Å²) in [4.78, 5) is 0. The van der Waals surface area contributed by atoms with Crippen LogP contribution in [0.3, 0.4) is 0 Å². The predicted octanol–water partition coefficient (Wildman–Crippen LogP) is 1.10. The van der Waals surface area contributed by atoms with Crippen molar-refractivity contribution >= 4 is 29.1 Å². The molecule has 0 saturated heterocycles. The van der Waals surface area contributed by atoms with Crippen molar-refractivity contribution in [2.75, 3.05) is 0 Å². The molecule has 0 aromatic heterocycles. The van der Waals surface area contributed by atoms with E-state index >= 15 is 0 Å². The van der Waals surface area contributed by atoms with E-state index in [4.69, 9.17) is 0 Å². The van der Waals surface area contributed by atoms with E-state index in [0.29, 0.717) is 0 Å². The summed E-state index contributed by atoms with van der Waals surface area (Å²) in [6.45, 7) is 0. The van der Waals surface area contributed by atoms with Gasteiger partial charge in [-0.05, 0) is 6.07 Å². The molecule has 0 aliphatic rings. The fourth-order valence-electron chi connectivity index (χ4n) is 0.627. The molecule has 1 aromatic carbocycles. The van der Waals surface area contributed by atoms with Gasteiger partial charge in [0.15, 0.2) is 11.6 Å². The third kappa shape index (κ3) is 1.55. The summed E-state index contributed by atoms with van der Waals surface area (Å²) in [5.41, 5.74) is 0. The van der Waals surface area contributed by atoms with E-state index in [-0.39, 0.29) is 10.6 Å². The molecule has 11 heavy (non-hydrogen) atoms. The second-order valence-corrected chi connectivity index (χ2v) is 3.19. The highest BCUT2D eigenvalue weighted by molar-refractivity contribution is 7.28. The van der Waals surface area contributed by atoms with E-state index in [1.807, 2.05) is 9.24 Å². The molecule has 0 amide bonds. The Morgan fingerprint density at radius 2 is 1.55 bits per heavy atom. The lowest BCUT2D eigenvalue weighted by Crippen LogP contribution is -2.15. The maximum absolute atomic E-state index is 12.6. The Labute approximate surface area is 66.6 Å². The average Bonchev–Trinajstić information content (AvgIpc) is 1.97. The zero-order valence-electron chi connectivity index (χ0n) is 5.37. The smallest absolute Gasteiger partial charge is 0.169 e. The molecule has 0 aliphatic heterocycles. The molecule has 0 aliphatic carbocycles. The van der Waals surface area contributed by atoms with Gasteiger partial charge in [-0.2, -0.15) is 0 Å². The summed E-state index contributed by atoms with van der Waals surface area (Å²) in [5.74, 6) is -2.94. The Hall–Kier alpha value is -0.130. The Morgan fingerprint density at radius 1 is 1.00 bits per heavy atom. The molecular formula is C6H5F3P2. The summed E-state index contributed by atoms with van der Waals surface area (Å²) < 4.78 is 37.8. The van der Waals surface area contributed by atoms with Crippen molar-refractivity contribution in [2.45, 2.75) is 0 Å². The van der Waals surface area contributed by atoms with Gasteiger partial charge in [0.2, 0.25) is 0 Å². The third-order valence-electron chi connectivity index (χ3n) is 1.22. The maximum atomic E-state index is 12.6. The SMILES string of the molecule is Fc1cc(P)c(F)c(F)c1P. The van der Waals surface area contributed by atoms with Gasteiger partial charge >= 0.3 is 0 Å². The second kappa shape index (κ2) is 3.08. The van der Waals surface area contributed by atoms with Gasteiger partial charge in [-0.15, -0.1) is 9.24 Å². The Kier molecular flexibility index (Phi) is 2.51. The topological polar surface area (TPSA) is 0 Å². The summed E-state index contributed by atoms with van der Waals surface area (Å²) in [5, 5.41) is -0.472. The maximum Gasteiger partial charge on any atom is 0.169 e. The molecule has 0 spiro atoms. The molecule has 2 unspecified atom stereocenters. The van der Waals surface area contributed by atoms with Crippen LogP contribution in [0.1, 0.15) is 0 Å². The van der Waals surface area contributed by atoms with Gasteiger partial charge in [0.1, 0.15) is 5.82 Å². The van der Waals surface area contributed by atoms with Crippen LogP contribution in [-0.2, 0) is 0 Å². The first-order chi connectivity index (χ1) is 5.04. The summed E-state index contributed by atoms with van der Waals surface area (Å²) >= 11 is 0. The van der Waals surface area contributed by atoms with Gasteiger partial charge < -0.3 is 0 Å². The second-order valence-electron chi connectivity index (χ2n) is 1.99. The molecule has 0 nitrogen and oxygen atoms in total. The van der Waals surface area contributed by atoms with E-state index in [1.165, 1.54) is 0 Å². The van der Waals surface area contributed by atoms with E-state index in [0.717, 1.165) is 6.07 Å². The minimum absolute atomic E-state index is 0.105. The number of hydrogen-bond acceptors (Lipinski definition) is 0. The summed E-state index contributed by atoms with van der Waals surface area (Å²) in [7, 11) is 3.72. The lowest BCUT2D eigenvalue weighted by Gasteiger charge is -2.01. The van der Waals surface area contributed by atoms with Crippen molar-refractivity contribution in [3.05, 3.63) is 23.5 Å². The normalized spacial score (nSPS) is 10.3. The molecule has 1 rings (SSSR count). The number of rotatable bonds is 0. The molecule has 0 saturated carbocycles. The van der Waals surface area contributed by atoms with Crippen LogP contribution in [0.4, 0.5) is 13.2 Å². The molecule has 5 heteroatoms. The molecule has 0 radical (unpaired) electrons. The quantitative estimate of drug-likeness (QED) is 0.430. The molecule has 2 atom stereocenters. The molecule has 0 fully saturated rings. The third-order valence-corrected chi connectivity index (χ3v) is 2.17. The largest absolute Gasteiger partial charge is 0.206 e. The van der Waals surface area contributed by atoms with Crippen molar-refractivity contribution in [3.63, 3.8) is 0 Å². The number of benzene rings is 1. The van der Waals surface area contributed by atoms with Crippen molar-refractivity contribution in [1.29, 1.82) is 0 Å². The highest BCUT2D eigenvalue weighted by Crippen LogP contribution is 2.08. The summed E-state index contributed by atoms with van der Waals surface area (Å²) in [6, 6.07) is 0.922. The van der Waals surface area contributed by atoms with Crippen LogP contribution in [-0.4, -0.2) is 0 Å². The Bertz CT molecular complexity index is 272. The van der Waals surface area contributed by atoms with Crippen molar-refractivity contribution in [2.24, 2.45) is 0 Å². The first-order valence-corrected chi connectivity index (χ1v) is 3.88. The molecule has 1 aromatic rings. The van der Waals surface area contributed by atoms with Crippen LogP contribution in [0, 0.1) is 17.5 Å². The first-order valence-electron chi connectivity index (χ1n) is 2.72. The molecule has 60 valence electrons. The van der Waals surface area contributed by atoms with Gasteiger partial charge in [0.05, 0.1) is 0 Å². The first kappa shape index (κ1) is 8.96. The molecule has 0 N–H and O–H groups in total. The van der Waals surface area contributed by atoms with Gasteiger partial charge in [0.25, 0.3) is 0 Å². The van der Waals surface area contributed by atoms with Crippen LogP contribution in [0.2, 0.25) is 0 Å². The Morgan fingerprint density at radius 3 is 2.09 bits per heavy atom. The molecule has 0 bridgehead atoms. The van der Waals surface area contributed by atoms with Gasteiger partial charge in [-0.3, -0.25) is 0 Å². The molecular weight excluding hydrogens is 191 g/mol. The van der Waals surface area contributed by atoms with Crippen LogP contribution in [0.15, 0.2) is 6.07 Å². The van der Waals surface area contributed by atoms with Crippen molar-refractivity contribution in [3.8, 4) is 0 Å². The van der Waals surface area contributed by atoms with Crippen LogP contribution in [0.5, 0.6) is 0 Å². The van der Waals surface area contributed by atoms with Crippen molar-refractivity contribution in [1.82, 2.24) is 0 Å². The van der Waals surface area contributed by atoms with E-state index in [1.54, 1.807) is 9.24 Å². The zero-order chi connectivity index (χ0) is 8.59. The highest BCUT2D eigenvalue weighted by Gasteiger charge is 2.12. The lowest BCUT2D eigenvalue weighted by molar-refractivity contribution is 0.510. The van der Waals surface area contributed by atoms with E-state index in [2.05, 4.69) is 0 Å². The Balaban J connectivity index is 3.46. The fourth-order valence-corrected chi connectivity index (χ4v) is 1.11. The van der Waals surface area contributed by atoms with Gasteiger partial charge in [-0.1, -0.05) is 9.24 Å². The monoisotopic (exact) mass is 196 g/mol. The predicted molar refractivity (Wildman–Crippen MR) is 45.0 cm³/mol. The van der Waals surface area contributed by atoms with Gasteiger partial charge in [-0.25, -0.2) is 13.2 Å². The van der Waals surface area contributed by atoms with Crippen LogP contribution < -0.4 is 10.6 Å². The average molecular weight is 196 g/mol. The summed E-state index contributed by atoms with van der Waals surface area (Å²) in [6.07, 6.45) is 0.